The normalized spacial score (nSPS) is 11.5. The van der Waals surface area contributed by atoms with E-state index in [2.05, 4.69) is 0 Å². The highest BCUT2D eigenvalue weighted by molar-refractivity contribution is 7.21. The van der Waals surface area contributed by atoms with Gasteiger partial charge in [0.15, 0.2) is 0 Å². The molecule has 1 aromatic heterocycles. The number of thiophene rings is 1. The molecule has 0 atom stereocenters. The van der Waals surface area contributed by atoms with E-state index in [0.717, 1.165) is 23.5 Å². The first-order valence-electron chi connectivity index (χ1n) is 6.17. The summed E-state index contributed by atoms with van der Waals surface area (Å²) >= 11 is 7.03. The Labute approximate surface area is 133 Å². The topological polar surface area (TPSA) is 44.1 Å². The Balaban J connectivity index is 2.42. The van der Waals surface area contributed by atoms with Crippen molar-refractivity contribution in [1.82, 2.24) is 4.90 Å². The fraction of sp³-hybridized carbons (Fsp3) is 0.286. The van der Waals surface area contributed by atoms with Crippen LogP contribution in [0.2, 0.25) is 5.02 Å². The van der Waals surface area contributed by atoms with Crippen LogP contribution in [0.15, 0.2) is 18.2 Å². The van der Waals surface area contributed by atoms with E-state index in [1.165, 1.54) is 18.0 Å². The van der Waals surface area contributed by atoms with E-state index >= 15 is 0 Å². The number of amides is 1. The number of fused-ring (bicyclic) bond motifs is 1. The molecule has 1 amide bonds. The second-order valence-electron chi connectivity index (χ2n) is 4.59. The van der Waals surface area contributed by atoms with Crippen LogP contribution in [0, 0.1) is 11.3 Å². The van der Waals surface area contributed by atoms with E-state index in [-0.39, 0.29) is 22.9 Å². The SMILES string of the molecule is CN(CCC#N)C(=O)c1sc2cc(C(F)(F)F)ccc2c1Cl. The van der Waals surface area contributed by atoms with Crippen molar-refractivity contribution in [3.63, 3.8) is 0 Å². The van der Waals surface area contributed by atoms with Gasteiger partial charge in [0.1, 0.15) is 4.88 Å². The highest BCUT2D eigenvalue weighted by Crippen LogP contribution is 2.39. The summed E-state index contributed by atoms with van der Waals surface area (Å²) in [6.45, 7) is 0.230. The van der Waals surface area contributed by atoms with Gasteiger partial charge in [-0.3, -0.25) is 4.79 Å². The number of benzene rings is 1. The maximum Gasteiger partial charge on any atom is 0.416 e. The maximum absolute atomic E-state index is 12.7. The number of nitriles is 1. The Morgan fingerprint density at radius 1 is 1.45 bits per heavy atom. The Kier molecular flexibility index (Phi) is 4.63. The lowest BCUT2D eigenvalue weighted by Crippen LogP contribution is -2.26. The molecule has 0 fully saturated rings. The minimum atomic E-state index is -4.45. The number of carbonyl (C=O) groups excluding carboxylic acids is 1. The van der Waals surface area contributed by atoms with Crippen LogP contribution in [-0.4, -0.2) is 24.4 Å². The molecule has 2 rings (SSSR count). The van der Waals surface area contributed by atoms with Crippen molar-refractivity contribution in [3.05, 3.63) is 33.7 Å². The van der Waals surface area contributed by atoms with Crippen molar-refractivity contribution in [2.75, 3.05) is 13.6 Å². The van der Waals surface area contributed by atoms with Crippen LogP contribution in [-0.2, 0) is 6.18 Å². The molecule has 0 saturated carbocycles. The Morgan fingerprint density at radius 2 is 2.14 bits per heavy atom. The third-order valence-electron chi connectivity index (χ3n) is 3.06. The monoisotopic (exact) mass is 346 g/mol. The number of hydrogen-bond acceptors (Lipinski definition) is 3. The fourth-order valence-corrected chi connectivity index (χ4v) is 3.42. The second-order valence-corrected chi connectivity index (χ2v) is 6.02. The quantitative estimate of drug-likeness (QED) is 0.817. The average molecular weight is 347 g/mol. The average Bonchev–Trinajstić information content (AvgIpc) is 2.79. The van der Waals surface area contributed by atoms with Crippen molar-refractivity contribution in [2.45, 2.75) is 12.6 Å². The van der Waals surface area contributed by atoms with Gasteiger partial charge in [0, 0.05) is 23.7 Å². The standard InChI is InChI=1S/C14H10ClF3N2OS/c1-20(6-2-5-19)13(21)12-11(15)9-4-3-8(14(16,17)18)7-10(9)22-12/h3-4,7H,2,6H2,1H3. The summed E-state index contributed by atoms with van der Waals surface area (Å²) in [7, 11) is 1.52. The lowest BCUT2D eigenvalue weighted by atomic mass is 10.1. The molecule has 0 spiro atoms. The lowest BCUT2D eigenvalue weighted by Gasteiger charge is -2.14. The Bertz CT molecular complexity index is 764. The van der Waals surface area contributed by atoms with E-state index in [4.69, 9.17) is 16.9 Å². The van der Waals surface area contributed by atoms with Gasteiger partial charge < -0.3 is 4.90 Å². The molecule has 0 saturated heterocycles. The summed E-state index contributed by atoms with van der Waals surface area (Å²) in [5.74, 6) is -0.407. The van der Waals surface area contributed by atoms with Crippen LogP contribution in [0.25, 0.3) is 10.1 Å². The molecule has 0 bridgehead atoms. The molecular formula is C14H10ClF3N2OS. The highest BCUT2D eigenvalue weighted by Gasteiger charge is 2.31. The summed E-state index contributed by atoms with van der Waals surface area (Å²) in [6.07, 6.45) is -4.28. The molecule has 22 heavy (non-hydrogen) atoms. The van der Waals surface area contributed by atoms with E-state index in [1.54, 1.807) is 0 Å². The molecule has 0 N–H and O–H groups in total. The first kappa shape index (κ1) is 16.6. The van der Waals surface area contributed by atoms with E-state index < -0.39 is 17.6 Å². The summed E-state index contributed by atoms with van der Waals surface area (Å²) < 4.78 is 38.4. The number of carbonyl (C=O) groups is 1. The van der Waals surface area contributed by atoms with Gasteiger partial charge in [0.2, 0.25) is 0 Å². The van der Waals surface area contributed by atoms with Crippen LogP contribution in [0.1, 0.15) is 21.7 Å². The molecule has 116 valence electrons. The molecule has 0 unspecified atom stereocenters. The summed E-state index contributed by atoms with van der Waals surface area (Å²) in [4.78, 5) is 13.7. The number of alkyl halides is 3. The van der Waals surface area contributed by atoms with E-state index in [1.807, 2.05) is 6.07 Å². The minimum absolute atomic E-state index is 0.141. The number of rotatable bonds is 3. The molecule has 1 aromatic carbocycles. The van der Waals surface area contributed by atoms with Crippen molar-refractivity contribution < 1.29 is 18.0 Å². The first-order valence-corrected chi connectivity index (χ1v) is 7.37. The zero-order valence-corrected chi connectivity index (χ0v) is 12.9. The molecule has 8 heteroatoms. The maximum atomic E-state index is 12.7. The molecule has 0 aliphatic carbocycles. The van der Waals surface area contributed by atoms with E-state index in [0.29, 0.717) is 10.1 Å². The number of nitrogens with zero attached hydrogens (tertiary/aromatic N) is 2. The highest BCUT2D eigenvalue weighted by atomic mass is 35.5. The van der Waals surface area contributed by atoms with Gasteiger partial charge in [-0.25, -0.2) is 0 Å². The van der Waals surface area contributed by atoms with Gasteiger partial charge in [-0.1, -0.05) is 17.7 Å². The van der Waals surface area contributed by atoms with Crippen molar-refractivity contribution >= 4 is 38.9 Å². The van der Waals surface area contributed by atoms with Gasteiger partial charge in [-0.05, 0) is 12.1 Å². The fourth-order valence-electron chi connectivity index (χ4n) is 1.87. The summed E-state index contributed by atoms with van der Waals surface area (Å²) in [5.41, 5.74) is -0.783. The van der Waals surface area contributed by atoms with Crippen LogP contribution in [0.3, 0.4) is 0 Å². The Morgan fingerprint density at radius 3 is 2.73 bits per heavy atom. The molecule has 0 aliphatic heterocycles. The van der Waals surface area contributed by atoms with Crippen molar-refractivity contribution in [1.29, 1.82) is 5.26 Å². The van der Waals surface area contributed by atoms with Crippen LogP contribution in [0.4, 0.5) is 13.2 Å². The van der Waals surface area contributed by atoms with Gasteiger partial charge in [-0.15, -0.1) is 11.3 Å². The van der Waals surface area contributed by atoms with Crippen LogP contribution in [0.5, 0.6) is 0 Å². The van der Waals surface area contributed by atoms with Crippen LogP contribution >= 0.6 is 22.9 Å². The predicted octanol–water partition coefficient (Wildman–Crippen LogP) is 4.56. The molecule has 2 aromatic rings. The van der Waals surface area contributed by atoms with Gasteiger partial charge >= 0.3 is 6.18 Å². The van der Waals surface area contributed by atoms with Gasteiger partial charge in [-0.2, -0.15) is 18.4 Å². The van der Waals surface area contributed by atoms with E-state index in [9.17, 15) is 18.0 Å². The summed E-state index contributed by atoms with van der Waals surface area (Å²) in [5, 5.41) is 9.08. The number of hydrogen-bond donors (Lipinski definition) is 0. The second kappa shape index (κ2) is 6.15. The molecule has 1 heterocycles. The number of halogens is 4. The Hall–Kier alpha value is -1.78. The largest absolute Gasteiger partial charge is 0.416 e. The third-order valence-corrected chi connectivity index (χ3v) is 4.70. The van der Waals surface area contributed by atoms with Gasteiger partial charge in [0.05, 0.1) is 23.1 Å². The molecule has 0 aliphatic rings. The first-order chi connectivity index (χ1) is 10.3. The van der Waals surface area contributed by atoms with Gasteiger partial charge in [0.25, 0.3) is 5.91 Å². The molecule has 0 radical (unpaired) electrons. The lowest BCUT2D eigenvalue weighted by molar-refractivity contribution is -0.137. The zero-order chi connectivity index (χ0) is 16.5. The third kappa shape index (κ3) is 3.18. The molecule has 3 nitrogen and oxygen atoms in total. The summed E-state index contributed by atoms with van der Waals surface area (Å²) in [6, 6.07) is 5.11. The van der Waals surface area contributed by atoms with Crippen molar-refractivity contribution in [2.24, 2.45) is 0 Å². The minimum Gasteiger partial charge on any atom is -0.340 e. The van der Waals surface area contributed by atoms with Crippen molar-refractivity contribution in [3.8, 4) is 6.07 Å². The molecular weight excluding hydrogens is 337 g/mol. The zero-order valence-electron chi connectivity index (χ0n) is 11.4. The predicted molar refractivity (Wildman–Crippen MR) is 79.0 cm³/mol. The van der Waals surface area contributed by atoms with Crippen LogP contribution < -0.4 is 0 Å². The smallest absolute Gasteiger partial charge is 0.340 e.